The standard InChI is InChI=1S/C31H27N3O3S/c1-3-8-24(9-4-1)22-37-28-16-14-27(15-17-28)35-18-19-36-29-13-7-10-25(20-29)21-32-34-31-33-30(23-38-31)26-11-5-2-6-12-26/h1-17,20-21,23H,18-19,22H2,(H,33,34). The number of anilines is 1. The zero-order chi connectivity index (χ0) is 25.8. The lowest BCUT2D eigenvalue weighted by atomic mass is 10.2. The number of ether oxygens (including phenoxy) is 3. The van der Waals surface area contributed by atoms with Crippen molar-refractivity contribution in [1.29, 1.82) is 0 Å². The minimum absolute atomic E-state index is 0.423. The van der Waals surface area contributed by atoms with E-state index in [1.54, 1.807) is 6.21 Å². The van der Waals surface area contributed by atoms with Crippen LogP contribution in [0, 0.1) is 0 Å². The average Bonchev–Trinajstić information content (AvgIpc) is 3.45. The molecular formula is C31H27N3O3S. The van der Waals surface area contributed by atoms with Crippen LogP contribution in [0.3, 0.4) is 0 Å². The van der Waals surface area contributed by atoms with Crippen LogP contribution in [0.4, 0.5) is 5.13 Å². The molecule has 0 atom stereocenters. The molecule has 190 valence electrons. The zero-order valence-electron chi connectivity index (χ0n) is 20.7. The fourth-order valence-electron chi connectivity index (χ4n) is 3.61. The molecule has 1 aromatic heterocycles. The Morgan fingerprint density at radius 1 is 0.711 bits per heavy atom. The number of nitrogens with one attached hydrogen (secondary N) is 1. The highest BCUT2D eigenvalue weighted by atomic mass is 32.1. The van der Waals surface area contributed by atoms with Crippen molar-refractivity contribution in [2.75, 3.05) is 18.6 Å². The number of hydrogen-bond acceptors (Lipinski definition) is 7. The van der Waals surface area contributed by atoms with E-state index in [-0.39, 0.29) is 0 Å². The summed E-state index contributed by atoms with van der Waals surface area (Å²) in [6.45, 7) is 1.39. The van der Waals surface area contributed by atoms with Gasteiger partial charge in [0, 0.05) is 10.9 Å². The lowest BCUT2D eigenvalue weighted by Gasteiger charge is -2.10. The minimum atomic E-state index is 0.423. The number of benzene rings is 4. The molecule has 0 saturated carbocycles. The van der Waals surface area contributed by atoms with Crippen LogP contribution in [0.15, 0.2) is 120 Å². The molecule has 4 aromatic carbocycles. The third-order valence-corrected chi connectivity index (χ3v) is 6.25. The Kier molecular flexibility index (Phi) is 8.62. The van der Waals surface area contributed by atoms with E-state index in [1.165, 1.54) is 11.3 Å². The number of thiazole rings is 1. The Morgan fingerprint density at radius 2 is 1.39 bits per heavy atom. The van der Waals surface area contributed by atoms with Gasteiger partial charge in [0.15, 0.2) is 0 Å². The number of aromatic nitrogens is 1. The highest BCUT2D eigenvalue weighted by Crippen LogP contribution is 2.24. The van der Waals surface area contributed by atoms with Crippen LogP contribution >= 0.6 is 11.3 Å². The SMILES string of the molecule is C(=NNc1nc(-c2ccccc2)cs1)c1cccc(OCCOc2ccc(OCc3ccccc3)cc2)c1. The third kappa shape index (κ3) is 7.44. The predicted octanol–water partition coefficient (Wildman–Crippen LogP) is 7.29. The molecule has 0 spiro atoms. The Balaban J connectivity index is 1.04. The number of nitrogens with zero attached hydrogens (tertiary/aromatic N) is 2. The summed E-state index contributed by atoms with van der Waals surface area (Å²) in [6.07, 6.45) is 1.74. The minimum Gasteiger partial charge on any atom is -0.490 e. The summed E-state index contributed by atoms with van der Waals surface area (Å²) in [5, 5.41) is 7.06. The molecule has 0 aliphatic carbocycles. The first-order valence-electron chi connectivity index (χ1n) is 12.2. The maximum Gasteiger partial charge on any atom is 0.203 e. The summed E-state index contributed by atoms with van der Waals surface area (Å²) in [5.74, 6) is 2.32. The van der Waals surface area contributed by atoms with Gasteiger partial charge >= 0.3 is 0 Å². The molecule has 0 aliphatic heterocycles. The molecule has 0 amide bonds. The molecule has 0 unspecified atom stereocenters. The Labute approximate surface area is 226 Å². The quantitative estimate of drug-likeness (QED) is 0.106. The molecule has 7 heteroatoms. The van der Waals surface area contributed by atoms with E-state index in [0.717, 1.165) is 44.8 Å². The van der Waals surface area contributed by atoms with Crippen molar-refractivity contribution in [3.05, 3.63) is 126 Å². The fraction of sp³-hybridized carbons (Fsp3) is 0.0968. The summed E-state index contributed by atoms with van der Waals surface area (Å²) >= 11 is 1.51. The summed E-state index contributed by atoms with van der Waals surface area (Å²) < 4.78 is 17.5. The molecule has 38 heavy (non-hydrogen) atoms. The van der Waals surface area contributed by atoms with Crippen molar-refractivity contribution in [3.63, 3.8) is 0 Å². The van der Waals surface area contributed by atoms with Crippen molar-refractivity contribution in [3.8, 4) is 28.5 Å². The van der Waals surface area contributed by atoms with Crippen LogP contribution in [0.5, 0.6) is 17.2 Å². The fourth-order valence-corrected chi connectivity index (χ4v) is 4.27. The van der Waals surface area contributed by atoms with Crippen LogP contribution in [0.25, 0.3) is 11.3 Å². The number of hydrazone groups is 1. The van der Waals surface area contributed by atoms with Gasteiger partial charge in [-0.15, -0.1) is 11.3 Å². The molecule has 1 N–H and O–H groups in total. The van der Waals surface area contributed by atoms with Gasteiger partial charge in [-0.05, 0) is 47.5 Å². The lowest BCUT2D eigenvalue weighted by Crippen LogP contribution is -2.09. The summed E-state index contributed by atoms with van der Waals surface area (Å²) in [4.78, 5) is 4.58. The Hall–Kier alpha value is -4.62. The van der Waals surface area contributed by atoms with Crippen molar-refractivity contribution in [1.82, 2.24) is 4.98 Å². The molecule has 5 aromatic rings. The van der Waals surface area contributed by atoms with Crippen LogP contribution < -0.4 is 19.6 Å². The van der Waals surface area contributed by atoms with E-state index in [9.17, 15) is 0 Å². The van der Waals surface area contributed by atoms with Crippen molar-refractivity contribution in [2.24, 2.45) is 5.10 Å². The first kappa shape index (κ1) is 25.0. The zero-order valence-corrected chi connectivity index (χ0v) is 21.5. The van der Waals surface area contributed by atoms with Crippen LogP contribution in [-0.4, -0.2) is 24.4 Å². The monoisotopic (exact) mass is 521 g/mol. The first-order valence-corrected chi connectivity index (χ1v) is 13.1. The van der Waals surface area contributed by atoms with Gasteiger partial charge in [-0.3, -0.25) is 5.43 Å². The number of hydrogen-bond donors (Lipinski definition) is 1. The predicted molar refractivity (Wildman–Crippen MR) is 153 cm³/mol. The van der Waals surface area contributed by atoms with E-state index < -0.39 is 0 Å². The number of rotatable bonds is 12. The smallest absolute Gasteiger partial charge is 0.203 e. The maximum absolute atomic E-state index is 5.85. The van der Waals surface area contributed by atoms with Crippen LogP contribution in [0.2, 0.25) is 0 Å². The van der Waals surface area contributed by atoms with Gasteiger partial charge in [0.05, 0.1) is 11.9 Å². The molecule has 6 nitrogen and oxygen atoms in total. The van der Waals surface area contributed by atoms with E-state index in [1.807, 2.05) is 115 Å². The average molecular weight is 522 g/mol. The van der Waals surface area contributed by atoms with E-state index in [0.29, 0.717) is 19.8 Å². The summed E-state index contributed by atoms with van der Waals surface area (Å²) in [5.41, 5.74) is 7.06. The molecule has 0 fully saturated rings. The maximum atomic E-state index is 5.85. The first-order chi connectivity index (χ1) is 18.8. The highest BCUT2D eigenvalue weighted by molar-refractivity contribution is 7.14. The van der Waals surface area contributed by atoms with Crippen molar-refractivity contribution >= 4 is 22.7 Å². The van der Waals surface area contributed by atoms with Gasteiger partial charge in [-0.2, -0.15) is 5.10 Å². The summed E-state index contributed by atoms with van der Waals surface area (Å²) in [7, 11) is 0. The Bertz CT molecular complexity index is 1440. The van der Waals surface area contributed by atoms with Gasteiger partial charge in [0.25, 0.3) is 0 Å². The van der Waals surface area contributed by atoms with E-state index in [2.05, 4.69) is 15.5 Å². The van der Waals surface area contributed by atoms with Gasteiger partial charge in [-0.1, -0.05) is 72.8 Å². The van der Waals surface area contributed by atoms with Gasteiger partial charge in [-0.25, -0.2) is 4.98 Å². The second kappa shape index (κ2) is 13.1. The van der Waals surface area contributed by atoms with E-state index in [4.69, 9.17) is 14.2 Å². The van der Waals surface area contributed by atoms with Gasteiger partial charge < -0.3 is 14.2 Å². The van der Waals surface area contributed by atoms with Gasteiger partial charge in [0.1, 0.15) is 37.1 Å². The molecule has 0 saturated heterocycles. The van der Waals surface area contributed by atoms with Crippen LogP contribution in [-0.2, 0) is 6.61 Å². The molecule has 0 aliphatic rings. The topological polar surface area (TPSA) is 65.0 Å². The van der Waals surface area contributed by atoms with Gasteiger partial charge in [0.2, 0.25) is 5.13 Å². The van der Waals surface area contributed by atoms with E-state index >= 15 is 0 Å². The third-order valence-electron chi connectivity index (χ3n) is 5.50. The molecule has 0 bridgehead atoms. The highest BCUT2D eigenvalue weighted by Gasteiger charge is 2.03. The Morgan fingerprint density at radius 3 is 2.16 bits per heavy atom. The molecule has 0 radical (unpaired) electrons. The second-order valence-corrected chi connectivity index (χ2v) is 9.15. The summed E-state index contributed by atoms with van der Waals surface area (Å²) in [6, 6.07) is 35.5. The second-order valence-electron chi connectivity index (χ2n) is 8.29. The van der Waals surface area contributed by atoms with Crippen molar-refractivity contribution in [2.45, 2.75) is 6.61 Å². The molecule has 5 rings (SSSR count). The largest absolute Gasteiger partial charge is 0.490 e. The normalized spacial score (nSPS) is 10.8. The lowest BCUT2D eigenvalue weighted by molar-refractivity contribution is 0.217. The van der Waals surface area contributed by atoms with Crippen molar-refractivity contribution < 1.29 is 14.2 Å². The van der Waals surface area contributed by atoms with Crippen LogP contribution in [0.1, 0.15) is 11.1 Å². The molecule has 1 heterocycles. The molecular weight excluding hydrogens is 494 g/mol.